The molecule has 14 heteroatoms. The Kier molecular flexibility index (Phi) is 8.81. The Hall–Kier alpha value is -4.32. The minimum Gasteiger partial charge on any atom is -0.460 e. The molecule has 1 fully saturated rings. The van der Waals surface area contributed by atoms with Gasteiger partial charge in [-0.15, -0.1) is 0 Å². The minimum absolute atomic E-state index is 0.0131. The van der Waals surface area contributed by atoms with Gasteiger partial charge in [0.1, 0.15) is 18.4 Å². The smallest absolute Gasteiger partial charge is 0.459 e. The quantitative estimate of drug-likeness (QED) is 0.161. The van der Waals surface area contributed by atoms with Crippen molar-refractivity contribution in [3.8, 4) is 5.75 Å². The number of para-hydroxylation sites is 1. The number of hydrogen-bond donors (Lipinski definition) is 3. The van der Waals surface area contributed by atoms with E-state index in [4.69, 9.17) is 13.8 Å². The number of anilines is 1. The lowest BCUT2D eigenvalue weighted by Crippen LogP contribution is -2.36. The molecule has 4 aromatic rings. The van der Waals surface area contributed by atoms with Crippen molar-refractivity contribution in [2.45, 2.75) is 45.4 Å². The van der Waals surface area contributed by atoms with Gasteiger partial charge in [-0.1, -0.05) is 48.5 Å². The summed E-state index contributed by atoms with van der Waals surface area (Å²) in [5, 5.41) is 5.19. The topological polar surface area (TPSA) is 167 Å². The van der Waals surface area contributed by atoms with E-state index in [1.54, 1.807) is 41.2 Å². The molecule has 0 radical (unpaired) electrons. The number of benzene rings is 2. The number of rotatable bonds is 12. The summed E-state index contributed by atoms with van der Waals surface area (Å²) in [5.41, 5.74) is 0.897. The van der Waals surface area contributed by atoms with Gasteiger partial charge in [-0.3, -0.25) is 29.2 Å². The number of esters is 1. The summed E-state index contributed by atoms with van der Waals surface area (Å²) in [6, 6.07) is 16.8. The molecule has 0 aliphatic heterocycles. The van der Waals surface area contributed by atoms with Crippen molar-refractivity contribution in [3.05, 3.63) is 82.9 Å². The Balaban J connectivity index is 1.22. The number of carbonyl (C=O) groups is 2. The molecule has 1 amide bonds. The van der Waals surface area contributed by atoms with Gasteiger partial charge in [-0.25, -0.2) is 9.55 Å². The molecular weight excluding hydrogens is 563 g/mol. The summed E-state index contributed by atoms with van der Waals surface area (Å²) in [6.45, 7) is 3.03. The van der Waals surface area contributed by atoms with Crippen molar-refractivity contribution in [1.29, 1.82) is 0 Å². The molecule has 1 aliphatic carbocycles. The molecule has 1 saturated carbocycles. The average Bonchev–Trinajstić information content (AvgIpc) is 3.35. The Morgan fingerprint density at radius 1 is 1.12 bits per heavy atom. The number of aromatic nitrogens is 4. The zero-order chi connectivity index (χ0) is 29.7. The zero-order valence-electron chi connectivity index (χ0n) is 23.1. The van der Waals surface area contributed by atoms with E-state index in [-0.39, 0.29) is 42.5 Å². The Bertz CT molecular complexity index is 1650. The average molecular weight is 595 g/mol. The van der Waals surface area contributed by atoms with Crippen LogP contribution in [0.15, 0.2) is 71.8 Å². The number of carbonyl (C=O) groups excluding carboxylic acids is 2. The second-order valence-corrected chi connectivity index (χ2v) is 11.7. The molecule has 2 aromatic heterocycles. The highest BCUT2D eigenvalue weighted by molar-refractivity contribution is 7.52. The van der Waals surface area contributed by atoms with E-state index < -0.39 is 25.3 Å². The van der Waals surface area contributed by atoms with Crippen molar-refractivity contribution in [2.75, 3.05) is 11.9 Å². The lowest BCUT2D eigenvalue weighted by atomic mass is 9.81. The molecule has 2 atom stereocenters. The van der Waals surface area contributed by atoms with Crippen LogP contribution < -0.4 is 20.5 Å². The lowest BCUT2D eigenvalue weighted by molar-refractivity contribution is -0.146. The molecule has 42 heavy (non-hydrogen) atoms. The Morgan fingerprint density at radius 2 is 1.81 bits per heavy atom. The third kappa shape index (κ3) is 7.11. The van der Waals surface area contributed by atoms with Crippen LogP contribution in [0.4, 0.5) is 5.95 Å². The number of amides is 1. The number of fused-ring (bicyclic) bond motifs is 1. The summed E-state index contributed by atoms with van der Waals surface area (Å²) in [7, 11) is -3.99. The van der Waals surface area contributed by atoms with E-state index >= 15 is 0 Å². The van der Waals surface area contributed by atoms with Gasteiger partial charge in [-0.2, -0.15) is 10.1 Å². The van der Waals surface area contributed by atoms with E-state index in [0.717, 1.165) is 5.56 Å². The molecule has 3 N–H and O–H groups in total. The molecule has 5 rings (SSSR count). The van der Waals surface area contributed by atoms with Crippen molar-refractivity contribution in [3.63, 3.8) is 0 Å². The van der Waals surface area contributed by atoms with Crippen LogP contribution in [0.5, 0.6) is 5.75 Å². The highest BCUT2D eigenvalue weighted by atomic mass is 31.2. The first-order chi connectivity index (χ1) is 20.2. The van der Waals surface area contributed by atoms with Crippen LogP contribution in [0.1, 0.15) is 38.3 Å². The third-order valence-corrected chi connectivity index (χ3v) is 8.35. The second kappa shape index (κ2) is 12.7. The first-order valence-corrected chi connectivity index (χ1v) is 15.0. The Labute approximate surface area is 241 Å². The molecule has 2 aromatic carbocycles. The number of nitrogens with one attached hydrogen (secondary N) is 3. The van der Waals surface area contributed by atoms with Crippen molar-refractivity contribution in [1.82, 2.24) is 24.6 Å². The summed E-state index contributed by atoms with van der Waals surface area (Å²) in [5.74, 6) is -0.586. The van der Waals surface area contributed by atoms with Gasteiger partial charge in [0.05, 0.1) is 12.9 Å². The molecule has 220 valence electrons. The first-order valence-electron chi connectivity index (χ1n) is 13.4. The number of imidazole rings is 1. The van der Waals surface area contributed by atoms with Gasteiger partial charge in [0.2, 0.25) is 11.9 Å². The summed E-state index contributed by atoms with van der Waals surface area (Å²) >= 11 is 0. The van der Waals surface area contributed by atoms with Crippen molar-refractivity contribution in [2.24, 2.45) is 5.92 Å². The first kappa shape index (κ1) is 29.2. The third-order valence-electron chi connectivity index (χ3n) is 6.71. The van der Waals surface area contributed by atoms with Crippen LogP contribution in [-0.2, 0) is 30.0 Å². The van der Waals surface area contributed by atoms with Gasteiger partial charge in [-0.05, 0) is 43.4 Å². The summed E-state index contributed by atoms with van der Waals surface area (Å²) in [4.78, 5) is 47.5. The highest BCUT2D eigenvalue weighted by Crippen LogP contribution is 2.48. The summed E-state index contributed by atoms with van der Waals surface area (Å²) < 4.78 is 32.5. The predicted octanol–water partition coefficient (Wildman–Crippen LogP) is 3.95. The van der Waals surface area contributed by atoms with Crippen LogP contribution in [-0.4, -0.2) is 44.0 Å². The minimum atomic E-state index is -3.99. The van der Waals surface area contributed by atoms with Crippen LogP contribution in [0.3, 0.4) is 0 Å². The largest absolute Gasteiger partial charge is 0.460 e. The molecule has 1 aliphatic rings. The number of H-pyrrole nitrogens is 1. The van der Waals surface area contributed by atoms with Gasteiger partial charge >= 0.3 is 13.7 Å². The fraction of sp³-hybridized carbons (Fsp3) is 0.321. The van der Waals surface area contributed by atoms with E-state index in [2.05, 4.69) is 25.4 Å². The number of hydrogen-bond acceptors (Lipinski definition) is 9. The SMILES string of the molecule is CC(=O)Nc1nc2c(ncn2[C@H]2C[C@@H](COP(=O)(N[C@@H](C)C(=O)OCc3ccccc3)Oc3ccccc3)C2)c(=O)[nH]1. The summed E-state index contributed by atoms with van der Waals surface area (Å²) in [6.07, 6.45) is 2.81. The highest BCUT2D eigenvalue weighted by Gasteiger charge is 2.37. The zero-order valence-corrected chi connectivity index (χ0v) is 24.0. The molecule has 1 unspecified atom stereocenters. The van der Waals surface area contributed by atoms with Gasteiger partial charge < -0.3 is 13.8 Å². The molecule has 13 nitrogen and oxygen atoms in total. The molecule has 2 heterocycles. The standard InChI is InChI=1S/C28H31N6O7P/c1-18(27(37)39-15-20-9-5-3-6-10-20)33-42(38,41-23-11-7-4-8-12-23)40-16-21-13-22(14-21)34-17-29-24-25(34)31-28(30-19(2)35)32-26(24)36/h3-12,17-18,21-22H,13-16H2,1-2H3,(H,33,38)(H2,30,31,32,35,36)/t18-,21-,22+,42?/m0/s1. The monoisotopic (exact) mass is 594 g/mol. The predicted molar refractivity (Wildman–Crippen MR) is 154 cm³/mol. The molecular formula is C28H31N6O7P. The van der Waals surface area contributed by atoms with E-state index in [1.807, 2.05) is 30.3 Å². The number of nitrogens with zero attached hydrogens (tertiary/aromatic N) is 3. The van der Waals surface area contributed by atoms with Crippen molar-refractivity contribution >= 4 is 36.7 Å². The lowest BCUT2D eigenvalue weighted by Gasteiger charge is -2.36. The van der Waals surface area contributed by atoms with Gasteiger partial charge in [0, 0.05) is 13.0 Å². The van der Waals surface area contributed by atoms with Crippen LogP contribution in [0, 0.1) is 5.92 Å². The van der Waals surface area contributed by atoms with E-state index in [9.17, 15) is 18.9 Å². The Morgan fingerprint density at radius 3 is 2.50 bits per heavy atom. The van der Waals surface area contributed by atoms with Gasteiger partial charge in [0.25, 0.3) is 5.56 Å². The van der Waals surface area contributed by atoms with Crippen molar-refractivity contribution < 1.29 is 27.9 Å². The maximum atomic E-state index is 13.8. The molecule has 0 saturated heterocycles. The normalized spacial score (nSPS) is 18.4. The van der Waals surface area contributed by atoms with Crippen LogP contribution >= 0.6 is 7.75 Å². The van der Waals surface area contributed by atoms with Crippen LogP contribution in [0.2, 0.25) is 0 Å². The molecule has 0 spiro atoms. The number of aromatic amines is 1. The number of ether oxygens (including phenoxy) is 1. The fourth-order valence-electron chi connectivity index (χ4n) is 4.54. The maximum Gasteiger partial charge on any atom is 0.459 e. The molecule has 0 bridgehead atoms. The van der Waals surface area contributed by atoms with E-state index in [1.165, 1.54) is 13.8 Å². The van der Waals surface area contributed by atoms with E-state index in [0.29, 0.717) is 24.2 Å². The second-order valence-electron chi connectivity index (χ2n) is 10.1. The van der Waals surface area contributed by atoms with Gasteiger partial charge in [0.15, 0.2) is 11.2 Å². The van der Waals surface area contributed by atoms with Crippen LogP contribution in [0.25, 0.3) is 11.2 Å². The maximum absolute atomic E-state index is 13.8. The fourth-order valence-corrected chi connectivity index (χ4v) is 6.11.